The quantitative estimate of drug-likeness (QED) is 0.871. The fourth-order valence-electron chi connectivity index (χ4n) is 3.39. The Balaban J connectivity index is 1.83. The Hall–Kier alpha value is -1.62. The Morgan fingerprint density at radius 2 is 1.90 bits per heavy atom. The van der Waals surface area contributed by atoms with Crippen molar-refractivity contribution < 1.29 is 9.59 Å². The number of imide groups is 1. The van der Waals surface area contributed by atoms with E-state index in [9.17, 15) is 9.59 Å². The van der Waals surface area contributed by atoms with Crippen LogP contribution in [0.2, 0.25) is 5.02 Å². The first-order valence-corrected chi connectivity index (χ1v) is 7.57. The van der Waals surface area contributed by atoms with Crippen LogP contribution < -0.4 is 5.32 Å². The van der Waals surface area contributed by atoms with Crippen molar-refractivity contribution in [1.29, 1.82) is 0 Å². The molecule has 1 saturated carbocycles. The lowest BCUT2D eigenvalue weighted by atomic mass is 10.00. The second-order valence-corrected chi connectivity index (χ2v) is 6.33. The fourth-order valence-corrected chi connectivity index (χ4v) is 3.55. The van der Waals surface area contributed by atoms with E-state index >= 15 is 0 Å². The summed E-state index contributed by atoms with van der Waals surface area (Å²) in [5.74, 6) is 0.702. The Morgan fingerprint density at radius 3 is 2.48 bits per heavy atom. The Labute approximate surface area is 128 Å². The van der Waals surface area contributed by atoms with Gasteiger partial charge in [0, 0.05) is 7.05 Å². The van der Waals surface area contributed by atoms with Gasteiger partial charge in [0.25, 0.3) is 0 Å². The minimum Gasteiger partial charge on any atom is -0.373 e. The van der Waals surface area contributed by atoms with E-state index in [0.29, 0.717) is 22.5 Å². The predicted octanol–water partition coefficient (Wildman–Crippen LogP) is 2.31. The van der Waals surface area contributed by atoms with Gasteiger partial charge in [0.1, 0.15) is 5.82 Å². The lowest BCUT2D eigenvalue weighted by Crippen LogP contribution is -2.32. The zero-order valence-electron chi connectivity index (χ0n) is 12.1. The molecule has 1 N–H and O–H groups in total. The summed E-state index contributed by atoms with van der Waals surface area (Å²) in [4.78, 5) is 30.5. The van der Waals surface area contributed by atoms with Gasteiger partial charge in [0.15, 0.2) is 0 Å². The van der Waals surface area contributed by atoms with Gasteiger partial charge in [-0.3, -0.25) is 14.5 Å². The molecule has 1 aromatic heterocycles. The van der Waals surface area contributed by atoms with E-state index in [-0.39, 0.29) is 30.2 Å². The molecule has 112 valence electrons. The average molecular weight is 308 g/mol. The van der Waals surface area contributed by atoms with Crippen LogP contribution in [0.5, 0.6) is 0 Å². The lowest BCUT2D eigenvalue weighted by Gasteiger charge is -2.17. The summed E-state index contributed by atoms with van der Waals surface area (Å²) in [5.41, 5.74) is 0.554. The molecule has 2 amide bonds. The van der Waals surface area contributed by atoms with Gasteiger partial charge >= 0.3 is 0 Å². The van der Waals surface area contributed by atoms with Crippen molar-refractivity contribution in [3.8, 4) is 0 Å². The number of likely N-dealkylation sites (tertiary alicyclic amines) is 1. The molecule has 5 nitrogen and oxygen atoms in total. The van der Waals surface area contributed by atoms with Gasteiger partial charge in [-0.05, 0) is 30.9 Å². The molecule has 2 fully saturated rings. The number of pyridine rings is 1. The van der Waals surface area contributed by atoms with Crippen molar-refractivity contribution in [2.24, 2.45) is 17.8 Å². The van der Waals surface area contributed by atoms with Crippen LogP contribution in [0.25, 0.3) is 0 Å². The monoisotopic (exact) mass is 307 g/mol. The van der Waals surface area contributed by atoms with Gasteiger partial charge in [-0.15, -0.1) is 0 Å². The third-order valence-corrected chi connectivity index (χ3v) is 4.79. The summed E-state index contributed by atoms with van der Waals surface area (Å²) in [6, 6.07) is 3.49. The zero-order chi connectivity index (χ0) is 15.1. The average Bonchev–Trinajstić information content (AvgIpc) is 2.94. The minimum atomic E-state index is -0.140. The number of halogens is 1. The topological polar surface area (TPSA) is 62.3 Å². The number of nitrogens with one attached hydrogen (secondary N) is 1. The third kappa shape index (κ3) is 2.39. The normalized spacial score (nSPS) is 28.1. The molecule has 3 rings (SSSR count). The van der Waals surface area contributed by atoms with Crippen LogP contribution in [0.4, 0.5) is 5.82 Å². The van der Waals surface area contributed by atoms with E-state index in [1.54, 1.807) is 19.2 Å². The molecule has 1 saturated heterocycles. The van der Waals surface area contributed by atoms with Crippen LogP contribution in [0, 0.1) is 17.8 Å². The number of amides is 2. The van der Waals surface area contributed by atoms with Crippen LogP contribution in [0.3, 0.4) is 0 Å². The first-order chi connectivity index (χ1) is 10.0. The van der Waals surface area contributed by atoms with Crippen LogP contribution in [0.1, 0.15) is 25.5 Å². The van der Waals surface area contributed by atoms with Crippen LogP contribution in [-0.2, 0) is 16.1 Å². The highest BCUT2D eigenvalue weighted by Crippen LogP contribution is 2.43. The number of nitrogens with zero attached hydrogens (tertiary/aromatic N) is 2. The number of aromatic nitrogens is 1. The second-order valence-electron chi connectivity index (χ2n) is 5.93. The highest BCUT2D eigenvalue weighted by Gasteiger charge is 2.51. The summed E-state index contributed by atoms with van der Waals surface area (Å²) < 4.78 is 0. The van der Waals surface area contributed by atoms with Crippen molar-refractivity contribution in [1.82, 2.24) is 9.88 Å². The predicted molar refractivity (Wildman–Crippen MR) is 79.7 cm³/mol. The summed E-state index contributed by atoms with van der Waals surface area (Å²) in [5, 5.41) is 3.40. The highest BCUT2D eigenvalue weighted by atomic mass is 35.5. The van der Waals surface area contributed by atoms with Crippen molar-refractivity contribution in [3.63, 3.8) is 0 Å². The van der Waals surface area contributed by atoms with Crippen molar-refractivity contribution >= 4 is 29.2 Å². The van der Waals surface area contributed by atoms with Gasteiger partial charge in [-0.25, -0.2) is 4.98 Å². The van der Waals surface area contributed by atoms with Crippen LogP contribution >= 0.6 is 11.6 Å². The highest BCUT2D eigenvalue weighted by molar-refractivity contribution is 6.31. The first kappa shape index (κ1) is 14.3. The number of anilines is 1. The smallest absolute Gasteiger partial charge is 0.233 e. The van der Waals surface area contributed by atoms with Crippen molar-refractivity contribution in [2.45, 2.75) is 26.3 Å². The summed E-state index contributed by atoms with van der Waals surface area (Å²) >= 11 is 6.13. The second kappa shape index (κ2) is 5.30. The van der Waals surface area contributed by atoms with E-state index in [1.807, 2.05) is 0 Å². The molecule has 0 spiro atoms. The summed E-state index contributed by atoms with van der Waals surface area (Å²) in [7, 11) is 1.76. The fraction of sp³-hybridized carbons (Fsp3) is 0.533. The van der Waals surface area contributed by atoms with Crippen molar-refractivity contribution in [3.05, 3.63) is 22.8 Å². The number of fused-ring (bicyclic) bond motifs is 1. The molecule has 1 aliphatic heterocycles. The largest absolute Gasteiger partial charge is 0.373 e. The molecule has 6 heteroatoms. The molecule has 2 aliphatic rings. The number of hydrogen-bond acceptors (Lipinski definition) is 4. The van der Waals surface area contributed by atoms with E-state index in [4.69, 9.17) is 11.6 Å². The van der Waals surface area contributed by atoms with Gasteiger partial charge in [0.05, 0.1) is 29.1 Å². The Morgan fingerprint density at radius 1 is 1.29 bits per heavy atom. The van der Waals surface area contributed by atoms with E-state index in [2.05, 4.69) is 17.2 Å². The number of rotatable bonds is 3. The van der Waals surface area contributed by atoms with Gasteiger partial charge in [0.2, 0.25) is 11.8 Å². The maximum Gasteiger partial charge on any atom is 0.233 e. The molecule has 0 radical (unpaired) electrons. The first-order valence-electron chi connectivity index (χ1n) is 7.19. The minimum absolute atomic E-state index is 0.0675. The van der Waals surface area contributed by atoms with E-state index in [1.165, 1.54) is 4.90 Å². The molecular formula is C15H18ClN3O2. The lowest BCUT2D eigenvalue weighted by molar-refractivity contribution is -0.141. The molecule has 21 heavy (non-hydrogen) atoms. The van der Waals surface area contributed by atoms with E-state index in [0.717, 1.165) is 12.8 Å². The van der Waals surface area contributed by atoms with Crippen LogP contribution in [0.15, 0.2) is 12.1 Å². The molecule has 2 atom stereocenters. The summed E-state index contributed by atoms with van der Waals surface area (Å²) in [6.07, 6.45) is 1.62. The van der Waals surface area contributed by atoms with Gasteiger partial charge < -0.3 is 5.32 Å². The Bertz CT molecular complexity index is 581. The standard InChI is InChI=1S/C15H18ClN3O2/c1-8-5-9-10(6-8)15(21)19(14(9)20)7-12-11(16)3-4-13(17-2)18-12/h3-4,8-10H,5-7H2,1-2H3,(H,17,18). The summed E-state index contributed by atoms with van der Waals surface area (Å²) in [6.45, 7) is 2.26. The number of carbonyl (C=O) groups is 2. The molecule has 2 unspecified atom stereocenters. The number of hydrogen-bond donors (Lipinski definition) is 1. The molecule has 1 aromatic rings. The van der Waals surface area contributed by atoms with Gasteiger partial charge in [-0.2, -0.15) is 0 Å². The molecular weight excluding hydrogens is 290 g/mol. The van der Waals surface area contributed by atoms with Crippen LogP contribution in [-0.4, -0.2) is 28.7 Å². The SMILES string of the molecule is CNc1ccc(Cl)c(CN2C(=O)C3CC(C)CC3C2=O)n1. The van der Waals surface area contributed by atoms with Crippen molar-refractivity contribution in [2.75, 3.05) is 12.4 Å². The Kier molecular flexibility index (Phi) is 3.61. The maximum absolute atomic E-state index is 12.4. The van der Waals surface area contributed by atoms with E-state index < -0.39 is 0 Å². The molecule has 1 aliphatic carbocycles. The molecule has 0 bridgehead atoms. The number of carbonyl (C=O) groups excluding carboxylic acids is 2. The third-order valence-electron chi connectivity index (χ3n) is 4.45. The molecule has 0 aromatic carbocycles. The van der Waals surface area contributed by atoms with Gasteiger partial charge in [-0.1, -0.05) is 18.5 Å². The molecule has 2 heterocycles. The zero-order valence-corrected chi connectivity index (χ0v) is 12.9. The maximum atomic E-state index is 12.4.